The third-order valence-electron chi connectivity index (χ3n) is 5.53. The molecule has 1 aliphatic rings. The highest BCUT2D eigenvalue weighted by atomic mass is 35.5. The molecule has 3 aromatic rings. The van der Waals surface area contributed by atoms with E-state index in [1.165, 1.54) is 5.56 Å². The molecule has 142 valence electrons. The molecule has 0 saturated carbocycles. The number of aromatic amines is 1. The van der Waals surface area contributed by atoms with Crippen LogP contribution in [0.15, 0.2) is 36.9 Å². The highest BCUT2D eigenvalue weighted by Gasteiger charge is 2.37. The molecule has 2 aromatic heterocycles. The number of imidazole rings is 1. The fourth-order valence-electron chi connectivity index (χ4n) is 3.91. The van der Waals surface area contributed by atoms with Gasteiger partial charge in [-0.25, -0.2) is 15.0 Å². The maximum Gasteiger partial charge on any atom is 0.182 e. The minimum absolute atomic E-state index is 0.103. The van der Waals surface area contributed by atoms with E-state index in [1.54, 1.807) is 12.7 Å². The lowest BCUT2D eigenvalue weighted by Crippen LogP contribution is -2.49. The number of H-pyrrole nitrogens is 1. The summed E-state index contributed by atoms with van der Waals surface area (Å²) < 4.78 is 0. The van der Waals surface area contributed by atoms with Gasteiger partial charge >= 0.3 is 0 Å². The number of halogens is 1. The molecule has 0 spiro atoms. The van der Waals surface area contributed by atoms with Crippen molar-refractivity contribution < 1.29 is 0 Å². The molecule has 0 atom stereocenters. The van der Waals surface area contributed by atoms with Crippen LogP contribution in [0.5, 0.6) is 0 Å². The average Bonchev–Trinajstić information content (AvgIpc) is 3.16. The van der Waals surface area contributed by atoms with Crippen LogP contribution in [0.3, 0.4) is 0 Å². The first-order valence-corrected chi connectivity index (χ1v) is 9.84. The molecule has 7 heteroatoms. The minimum Gasteiger partial charge on any atom is -0.355 e. The van der Waals surface area contributed by atoms with Crippen LogP contribution in [0.25, 0.3) is 11.2 Å². The number of benzene rings is 1. The van der Waals surface area contributed by atoms with Crippen LogP contribution in [0.1, 0.15) is 32.3 Å². The van der Waals surface area contributed by atoms with Gasteiger partial charge in [0.2, 0.25) is 0 Å². The zero-order chi connectivity index (χ0) is 18.9. The van der Waals surface area contributed by atoms with E-state index >= 15 is 0 Å². The average molecular weight is 385 g/mol. The highest BCUT2D eigenvalue weighted by Crippen LogP contribution is 2.37. The second-order valence-electron chi connectivity index (χ2n) is 7.61. The van der Waals surface area contributed by atoms with Gasteiger partial charge in [0.05, 0.1) is 6.33 Å². The van der Waals surface area contributed by atoms with Crippen molar-refractivity contribution >= 4 is 28.6 Å². The molecule has 0 unspecified atom stereocenters. The predicted molar refractivity (Wildman–Crippen MR) is 109 cm³/mol. The molecule has 3 heterocycles. The Kier molecular flexibility index (Phi) is 5.02. The first kappa shape index (κ1) is 18.2. The Morgan fingerprint density at radius 1 is 1.15 bits per heavy atom. The number of fused-ring (bicyclic) bond motifs is 1. The van der Waals surface area contributed by atoms with Crippen molar-refractivity contribution in [3.8, 4) is 0 Å². The Morgan fingerprint density at radius 3 is 2.59 bits per heavy atom. The number of rotatable bonds is 5. The highest BCUT2D eigenvalue weighted by molar-refractivity contribution is 6.30. The standard InChI is InChI=1S/C20H25ClN6/c1-14(2)22-11-20(15-3-5-16(21)6-4-15)7-9-27(10-8-20)19-17-18(24-12-23-17)25-13-26-19/h3-6,12-14,22H,7-11H2,1-2H3,(H,23,24,25,26). The Labute approximate surface area is 164 Å². The molecular weight excluding hydrogens is 360 g/mol. The quantitative estimate of drug-likeness (QED) is 0.704. The summed E-state index contributed by atoms with van der Waals surface area (Å²) in [6, 6.07) is 8.81. The van der Waals surface area contributed by atoms with Crippen LogP contribution in [-0.4, -0.2) is 45.6 Å². The summed E-state index contributed by atoms with van der Waals surface area (Å²) in [5.41, 5.74) is 3.09. The van der Waals surface area contributed by atoms with E-state index in [0.29, 0.717) is 6.04 Å². The summed E-state index contributed by atoms with van der Waals surface area (Å²) in [6.45, 7) is 7.23. The van der Waals surface area contributed by atoms with Gasteiger partial charge in [0, 0.05) is 36.1 Å². The van der Waals surface area contributed by atoms with Crippen molar-refractivity contribution in [2.45, 2.75) is 38.1 Å². The Hall–Kier alpha value is -2.18. The van der Waals surface area contributed by atoms with Crippen molar-refractivity contribution in [2.24, 2.45) is 0 Å². The molecule has 1 aromatic carbocycles. The lowest BCUT2D eigenvalue weighted by molar-refractivity contribution is 0.305. The van der Waals surface area contributed by atoms with Crippen molar-refractivity contribution in [3.05, 3.63) is 47.5 Å². The summed E-state index contributed by atoms with van der Waals surface area (Å²) in [5.74, 6) is 0.944. The number of hydrogen-bond donors (Lipinski definition) is 2. The van der Waals surface area contributed by atoms with E-state index in [-0.39, 0.29) is 5.41 Å². The largest absolute Gasteiger partial charge is 0.355 e. The van der Waals surface area contributed by atoms with E-state index in [0.717, 1.165) is 54.5 Å². The smallest absolute Gasteiger partial charge is 0.182 e. The van der Waals surface area contributed by atoms with Crippen LogP contribution in [-0.2, 0) is 5.41 Å². The van der Waals surface area contributed by atoms with Gasteiger partial charge in [-0.2, -0.15) is 0 Å². The van der Waals surface area contributed by atoms with Crippen LogP contribution in [0.2, 0.25) is 5.02 Å². The van der Waals surface area contributed by atoms with Crippen molar-refractivity contribution in [1.29, 1.82) is 0 Å². The molecule has 0 bridgehead atoms. The van der Waals surface area contributed by atoms with Gasteiger partial charge in [0.1, 0.15) is 11.8 Å². The first-order valence-electron chi connectivity index (χ1n) is 9.46. The van der Waals surface area contributed by atoms with Crippen LogP contribution in [0, 0.1) is 0 Å². The zero-order valence-electron chi connectivity index (χ0n) is 15.7. The SMILES string of the molecule is CC(C)NCC1(c2ccc(Cl)cc2)CCN(c2ncnc3nc[nH]c23)CC1. The summed E-state index contributed by atoms with van der Waals surface area (Å²) in [4.78, 5) is 18.5. The lowest BCUT2D eigenvalue weighted by Gasteiger charge is -2.43. The fourth-order valence-corrected chi connectivity index (χ4v) is 4.04. The van der Waals surface area contributed by atoms with E-state index < -0.39 is 0 Å². The second kappa shape index (κ2) is 7.44. The van der Waals surface area contributed by atoms with E-state index in [9.17, 15) is 0 Å². The third kappa shape index (κ3) is 3.64. The predicted octanol–water partition coefficient (Wildman–Crippen LogP) is 3.54. The van der Waals surface area contributed by atoms with Crippen molar-refractivity contribution in [1.82, 2.24) is 25.3 Å². The molecule has 1 aliphatic heterocycles. The third-order valence-corrected chi connectivity index (χ3v) is 5.78. The Balaban J connectivity index is 1.59. The summed E-state index contributed by atoms with van der Waals surface area (Å²) in [6.07, 6.45) is 5.37. The Morgan fingerprint density at radius 2 is 1.89 bits per heavy atom. The summed E-state index contributed by atoms with van der Waals surface area (Å²) >= 11 is 6.12. The van der Waals surface area contributed by atoms with Crippen LogP contribution < -0.4 is 10.2 Å². The van der Waals surface area contributed by atoms with Crippen molar-refractivity contribution in [2.75, 3.05) is 24.5 Å². The number of hydrogen-bond acceptors (Lipinski definition) is 5. The zero-order valence-corrected chi connectivity index (χ0v) is 16.5. The number of anilines is 1. The first-order chi connectivity index (χ1) is 13.1. The van der Waals surface area contributed by atoms with Gasteiger partial charge in [0.25, 0.3) is 0 Å². The molecule has 27 heavy (non-hydrogen) atoms. The summed E-state index contributed by atoms with van der Waals surface area (Å²) in [7, 11) is 0. The monoisotopic (exact) mass is 384 g/mol. The number of nitrogens with zero attached hydrogens (tertiary/aromatic N) is 4. The van der Waals surface area contributed by atoms with Gasteiger partial charge in [-0.05, 0) is 30.5 Å². The topological polar surface area (TPSA) is 69.7 Å². The second-order valence-corrected chi connectivity index (χ2v) is 8.04. The van der Waals surface area contributed by atoms with Gasteiger partial charge in [-0.15, -0.1) is 0 Å². The van der Waals surface area contributed by atoms with Crippen molar-refractivity contribution in [3.63, 3.8) is 0 Å². The molecule has 0 amide bonds. The maximum atomic E-state index is 6.12. The van der Waals surface area contributed by atoms with Crippen LogP contribution in [0.4, 0.5) is 5.82 Å². The molecule has 6 nitrogen and oxygen atoms in total. The lowest BCUT2D eigenvalue weighted by atomic mass is 9.72. The number of piperidine rings is 1. The maximum absolute atomic E-state index is 6.12. The molecule has 0 radical (unpaired) electrons. The number of nitrogens with one attached hydrogen (secondary N) is 2. The molecule has 4 rings (SSSR count). The molecule has 1 fully saturated rings. The molecule has 0 aliphatic carbocycles. The summed E-state index contributed by atoms with van der Waals surface area (Å²) in [5, 5.41) is 4.44. The van der Waals surface area contributed by atoms with Gasteiger partial charge in [-0.3, -0.25) is 0 Å². The van der Waals surface area contributed by atoms with Gasteiger partial charge < -0.3 is 15.2 Å². The molecular formula is C20H25ClN6. The normalized spacial score (nSPS) is 17.0. The van der Waals surface area contributed by atoms with E-state index in [1.807, 2.05) is 12.1 Å². The fraction of sp³-hybridized carbons (Fsp3) is 0.450. The number of aromatic nitrogens is 4. The molecule has 1 saturated heterocycles. The van der Waals surface area contributed by atoms with E-state index in [2.05, 4.69) is 56.1 Å². The Bertz CT molecular complexity index is 896. The van der Waals surface area contributed by atoms with Gasteiger partial charge in [-0.1, -0.05) is 37.6 Å². The van der Waals surface area contributed by atoms with Crippen LogP contribution >= 0.6 is 11.6 Å². The van der Waals surface area contributed by atoms with Gasteiger partial charge in [0.15, 0.2) is 11.5 Å². The van der Waals surface area contributed by atoms with E-state index in [4.69, 9.17) is 11.6 Å². The molecule has 2 N–H and O–H groups in total. The minimum atomic E-state index is 0.103.